The number of sulfone groups is 1. The smallest absolute Gasteiger partial charge is 0.147 e. The molecule has 0 unspecified atom stereocenters. The minimum Gasteiger partial charge on any atom is -0.390 e. The summed E-state index contributed by atoms with van der Waals surface area (Å²) in [5.41, 5.74) is -0.643. The standard InChI is InChI=1S/C12H25NO3S/c1-11(2)13-8-6-12(14,7-9-13)5-4-10-17(3,15)16/h11,14H,4-10H2,1-3H3. The van der Waals surface area contributed by atoms with Crippen molar-refractivity contribution in [3.63, 3.8) is 0 Å². The second-order valence-corrected chi connectivity index (χ2v) is 7.85. The topological polar surface area (TPSA) is 57.6 Å². The summed E-state index contributed by atoms with van der Waals surface area (Å²) in [4.78, 5) is 2.35. The van der Waals surface area contributed by atoms with Gasteiger partial charge in [-0.15, -0.1) is 0 Å². The van der Waals surface area contributed by atoms with Crippen LogP contribution < -0.4 is 0 Å². The predicted octanol–water partition coefficient (Wildman–Crippen LogP) is 1.05. The van der Waals surface area contributed by atoms with Crippen LogP contribution in [0.2, 0.25) is 0 Å². The first-order valence-corrected chi connectivity index (χ1v) is 8.42. The Kier molecular flexibility index (Phi) is 4.98. The van der Waals surface area contributed by atoms with Crippen molar-refractivity contribution < 1.29 is 13.5 Å². The van der Waals surface area contributed by atoms with Crippen molar-refractivity contribution in [3.8, 4) is 0 Å². The van der Waals surface area contributed by atoms with Crippen molar-refractivity contribution >= 4 is 9.84 Å². The maximum Gasteiger partial charge on any atom is 0.147 e. The minimum absolute atomic E-state index is 0.184. The molecule has 0 spiro atoms. The summed E-state index contributed by atoms with van der Waals surface area (Å²) in [6.07, 6.45) is 3.94. The molecule has 0 aromatic rings. The van der Waals surface area contributed by atoms with Crippen LogP contribution in [0, 0.1) is 0 Å². The van der Waals surface area contributed by atoms with Crippen molar-refractivity contribution in [1.82, 2.24) is 4.90 Å². The van der Waals surface area contributed by atoms with Gasteiger partial charge in [-0.3, -0.25) is 0 Å². The lowest BCUT2D eigenvalue weighted by Gasteiger charge is -2.40. The molecule has 1 aliphatic rings. The van der Waals surface area contributed by atoms with Crippen LogP contribution in [0.3, 0.4) is 0 Å². The first kappa shape index (κ1) is 14.9. The Hall–Kier alpha value is -0.130. The number of piperidine rings is 1. The van der Waals surface area contributed by atoms with E-state index in [0.717, 1.165) is 25.9 Å². The lowest BCUT2D eigenvalue weighted by atomic mass is 9.87. The Morgan fingerprint density at radius 2 is 1.82 bits per heavy atom. The second-order valence-electron chi connectivity index (χ2n) is 5.59. The summed E-state index contributed by atoms with van der Waals surface area (Å²) in [7, 11) is -2.90. The van der Waals surface area contributed by atoms with Gasteiger partial charge in [0.1, 0.15) is 9.84 Å². The van der Waals surface area contributed by atoms with E-state index in [9.17, 15) is 13.5 Å². The zero-order valence-electron chi connectivity index (χ0n) is 11.1. The fourth-order valence-corrected chi connectivity index (χ4v) is 3.04. The highest BCUT2D eigenvalue weighted by molar-refractivity contribution is 7.90. The molecular formula is C12H25NO3S. The van der Waals surface area contributed by atoms with Gasteiger partial charge in [-0.1, -0.05) is 0 Å². The second kappa shape index (κ2) is 5.67. The molecule has 102 valence electrons. The molecule has 1 fully saturated rings. The molecule has 1 rings (SSSR count). The van der Waals surface area contributed by atoms with Gasteiger partial charge in [0.25, 0.3) is 0 Å². The largest absolute Gasteiger partial charge is 0.390 e. The predicted molar refractivity (Wildman–Crippen MR) is 69.8 cm³/mol. The third-order valence-corrected chi connectivity index (χ3v) is 4.65. The Morgan fingerprint density at radius 1 is 1.29 bits per heavy atom. The Morgan fingerprint density at radius 3 is 2.24 bits per heavy atom. The number of rotatable bonds is 5. The molecule has 0 amide bonds. The molecular weight excluding hydrogens is 238 g/mol. The summed E-state index contributed by atoms with van der Waals surface area (Å²) >= 11 is 0. The molecule has 1 N–H and O–H groups in total. The van der Waals surface area contributed by atoms with E-state index in [1.165, 1.54) is 6.26 Å². The van der Waals surface area contributed by atoms with E-state index < -0.39 is 15.4 Å². The van der Waals surface area contributed by atoms with Gasteiger partial charge in [-0.25, -0.2) is 8.42 Å². The molecule has 4 nitrogen and oxygen atoms in total. The van der Waals surface area contributed by atoms with Crippen molar-refractivity contribution in [1.29, 1.82) is 0 Å². The van der Waals surface area contributed by atoms with Crippen molar-refractivity contribution in [2.45, 2.75) is 51.2 Å². The highest BCUT2D eigenvalue weighted by Gasteiger charge is 2.32. The van der Waals surface area contributed by atoms with Gasteiger partial charge in [0.2, 0.25) is 0 Å². The number of likely N-dealkylation sites (tertiary alicyclic amines) is 1. The zero-order valence-corrected chi connectivity index (χ0v) is 12.0. The quantitative estimate of drug-likeness (QED) is 0.805. The van der Waals surface area contributed by atoms with Crippen molar-refractivity contribution in [3.05, 3.63) is 0 Å². The molecule has 5 heteroatoms. The highest BCUT2D eigenvalue weighted by atomic mass is 32.2. The van der Waals surface area contributed by atoms with Gasteiger partial charge >= 0.3 is 0 Å². The van der Waals surface area contributed by atoms with Gasteiger partial charge in [0, 0.05) is 31.1 Å². The van der Waals surface area contributed by atoms with Crippen LogP contribution in [0.4, 0.5) is 0 Å². The van der Waals surface area contributed by atoms with E-state index in [4.69, 9.17) is 0 Å². The summed E-state index contributed by atoms with van der Waals surface area (Å²) in [5.74, 6) is 0.184. The molecule has 0 bridgehead atoms. The lowest BCUT2D eigenvalue weighted by Crippen LogP contribution is -2.46. The fourth-order valence-electron chi connectivity index (χ4n) is 2.37. The molecule has 0 aromatic heterocycles. The lowest BCUT2D eigenvalue weighted by molar-refractivity contribution is -0.0339. The molecule has 17 heavy (non-hydrogen) atoms. The molecule has 0 aromatic carbocycles. The first-order chi connectivity index (χ1) is 7.72. The zero-order chi connectivity index (χ0) is 13.1. The number of hydrogen-bond donors (Lipinski definition) is 1. The first-order valence-electron chi connectivity index (χ1n) is 6.36. The Labute approximate surface area is 105 Å². The maximum atomic E-state index is 11.0. The van der Waals surface area contributed by atoms with Gasteiger partial charge in [-0.05, 0) is 39.5 Å². The molecule has 0 saturated carbocycles. The molecule has 1 saturated heterocycles. The summed E-state index contributed by atoms with van der Waals surface area (Å²) in [6.45, 7) is 6.14. The highest BCUT2D eigenvalue weighted by Crippen LogP contribution is 2.27. The number of aliphatic hydroxyl groups is 1. The van der Waals surface area contributed by atoms with Crippen molar-refractivity contribution in [2.75, 3.05) is 25.1 Å². The van der Waals surface area contributed by atoms with Crippen LogP contribution in [0.1, 0.15) is 39.5 Å². The van der Waals surface area contributed by atoms with Crippen LogP contribution in [0.15, 0.2) is 0 Å². The summed E-state index contributed by atoms with van der Waals surface area (Å²) in [6, 6.07) is 0.524. The van der Waals surface area contributed by atoms with Gasteiger partial charge in [-0.2, -0.15) is 0 Å². The van der Waals surface area contributed by atoms with E-state index in [1.807, 2.05) is 0 Å². The average molecular weight is 263 g/mol. The van der Waals surface area contributed by atoms with E-state index in [1.54, 1.807) is 0 Å². The third kappa shape index (κ3) is 5.36. The van der Waals surface area contributed by atoms with Crippen LogP contribution in [0.25, 0.3) is 0 Å². The molecule has 0 aliphatic carbocycles. The Bertz CT molecular complexity index is 330. The van der Waals surface area contributed by atoms with Gasteiger partial charge < -0.3 is 10.0 Å². The van der Waals surface area contributed by atoms with E-state index >= 15 is 0 Å². The van der Waals surface area contributed by atoms with E-state index in [-0.39, 0.29) is 5.75 Å². The molecule has 1 heterocycles. The third-order valence-electron chi connectivity index (χ3n) is 3.62. The molecule has 0 radical (unpaired) electrons. The summed E-state index contributed by atoms with van der Waals surface area (Å²) in [5, 5.41) is 10.3. The van der Waals surface area contributed by atoms with Crippen LogP contribution in [0.5, 0.6) is 0 Å². The van der Waals surface area contributed by atoms with Gasteiger partial charge in [0.15, 0.2) is 0 Å². The summed E-state index contributed by atoms with van der Waals surface area (Å²) < 4.78 is 22.1. The minimum atomic E-state index is -2.90. The van der Waals surface area contributed by atoms with Crippen molar-refractivity contribution in [2.24, 2.45) is 0 Å². The van der Waals surface area contributed by atoms with Gasteiger partial charge in [0.05, 0.1) is 5.60 Å². The number of nitrogens with zero attached hydrogens (tertiary/aromatic N) is 1. The molecule has 1 aliphatic heterocycles. The average Bonchev–Trinajstić information content (AvgIpc) is 2.15. The number of hydrogen-bond acceptors (Lipinski definition) is 4. The van der Waals surface area contributed by atoms with Crippen LogP contribution >= 0.6 is 0 Å². The SMILES string of the molecule is CC(C)N1CCC(O)(CCCS(C)(=O)=O)CC1. The van der Waals surface area contributed by atoms with E-state index in [2.05, 4.69) is 18.7 Å². The van der Waals surface area contributed by atoms with Crippen LogP contribution in [-0.4, -0.2) is 55.2 Å². The monoisotopic (exact) mass is 263 g/mol. The molecule has 0 atom stereocenters. The fraction of sp³-hybridized carbons (Fsp3) is 1.00. The van der Waals surface area contributed by atoms with E-state index in [0.29, 0.717) is 18.9 Å². The Balaban J connectivity index is 2.35. The normalized spacial score (nSPS) is 21.9. The maximum absolute atomic E-state index is 11.0. The van der Waals surface area contributed by atoms with Crippen LogP contribution in [-0.2, 0) is 9.84 Å².